The summed E-state index contributed by atoms with van der Waals surface area (Å²) in [5.41, 5.74) is 3.79. The van der Waals surface area contributed by atoms with Crippen molar-refractivity contribution in [2.45, 2.75) is 51.0 Å². The molecule has 170 valence electrons. The van der Waals surface area contributed by atoms with Crippen LogP contribution in [0.1, 0.15) is 45.2 Å². The van der Waals surface area contributed by atoms with Crippen LogP contribution in [-0.2, 0) is 11.3 Å². The van der Waals surface area contributed by atoms with Crippen molar-refractivity contribution in [3.63, 3.8) is 0 Å². The summed E-state index contributed by atoms with van der Waals surface area (Å²) >= 11 is 8.46. The van der Waals surface area contributed by atoms with E-state index in [0.717, 1.165) is 50.5 Å². The molecule has 32 heavy (non-hydrogen) atoms. The van der Waals surface area contributed by atoms with Gasteiger partial charge in [0.1, 0.15) is 5.82 Å². The van der Waals surface area contributed by atoms with Gasteiger partial charge in [0, 0.05) is 34.3 Å². The molecule has 7 heteroatoms. The van der Waals surface area contributed by atoms with E-state index in [9.17, 15) is 14.3 Å². The van der Waals surface area contributed by atoms with Crippen LogP contribution in [0.25, 0.3) is 22.0 Å². The molecular formula is C25H27ClFNO2S2. The quantitative estimate of drug-likeness (QED) is 0.214. The largest absolute Gasteiger partial charge is 0.481 e. The Morgan fingerprint density at radius 1 is 1.41 bits per heavy atom. The summed E-state index contributed by atoms with van der Waals surface area (Å²) in [6.07, 6.45) is 6.75. The molecule has 1 atom stereocenters. The number of carbonyl (C=O) groups is 1. The average molecular weight is 492 g/mol. The van der Waals surface area contributed by atoms with Gasteiger partial charge in [-0.15, -0.1) is 11.6 Å². The number of rotatable bonds is 6. The van der Waals surface area contributed by atoms with E-state index in [1.807, 2.05) is 42.8 Å². The van der Waals surface area contributed by atoms with Gasteiger partial charge in [-0.1, -0.05) is 30.0 Å². The summed E-state index contributed by atoms with van der Waals surface area (Å²) in [4.78, 5) is 13.6. The second kappa shape index (κ2) is 11.2. The highest BCUT2D eigenvalue weighted by Crippen LogP contribution is 2.49. The average Bonchev–Trinajstić information content (AvgIpc) is 3.48. The fraction of sp³-hybridized carbons (Fsp3) is 0.320. The molecule has 0 bridgehead atoms. The van der Waals surface area contributed by atoms with Crippen LogP contribution >= 0.6 is 34.7 Å². The van der Waals surface area contributed by atoms with Crippen molar-refractivity contribution in [2.24, 2.45) is 0 Å². The molecule has 1 N–H and O–H groups in total. The fourth-order valence-electron chi connectivity index (χ4n) is 3.96. The molecule has 4 rings (SSSR count). The predicted octanol–water partition coefficient (Wildman–Crippen LogP) is 8.29. The Morgan fingerprint density at radius 2 is 2.19 bits per heavy atom. The highest BCUT2D eigenvalue weighted by Gasteiger charge is 2.32. The summed E-state index contributed by atoms with van der Waals surface area (Å²) in [7, 11) is 0. The number of fused-ring (bicyclic) bond motifs is 3. The second-order valence-electron chi connectivity index (χ2n) is 7.53. The first-order valence-electron chi connectivity index (χ1n) is 10.5. The zero-order chi connectivity index (χ0) is 23.3. The SMILES string of the molecule is C/C=C(\C)Sc1c2n(c3cc(F)cc(-c4ccsc4)c13)CCC2CC(=O)O.C/C=C\CCl. The molecule has 1 aliphatic heterocycles. The third kappa shape index (κ3) is 5.30. The molecule has 0 saturated heterocycles. The number of allylic oxidation sites excluding steroid dienone is 4. The maximum absolute atomic E-state index is 14.5. The van der Waals surface area contributed by atoms with Gasteiger partial charge in [0.25, 0.3) is 0 Å². The molecule has 0 saturated carbocycles. The lowest BCUT2D eigenvalue weighted by molar-refractivity contribution is -0.137. The minimum Gasteiger partial charge on any atom is -0.481 e. The number of aliphatic carboxylic acids is 1. The van der Waals surface area contributed by atoms with Gasteiger partial charge in [-0.3, -0.25) is 4.79 Å². The number of nitrogens with zero attached hydrogens (tertiary/aromatic N) is 1. The fourth-order valence-corrected chi connectivity index (χ4v) is 5.93. The summed E-state index contributed by atoms with van der Waals surface area (Å²) in [5, 5.41) is 14.4. The minimum atomic E-state index is -0.790. The molecule has 0 radical (unpaired) electrons. The van der Waals surface area contributed by atoms with Crippen LogP contribution in [0.4, 0.5) is 4.39 Å². The van der Waals surface area contributed by atoms with Crippen molar-refractivity contribution < 1.29 is 14.3 Å². The van der Waals surface area contributed by atoms with Crippen molar-refractivity contribution in [3.8, 4) is 11.1 Å². The monoisotopic (exact) mass is 491 g/mol. The van der Waals surface area contributed by atoms with Crippen LogP contribution in [0.3, 0.4) is 0 Å². The second-order valence-corrected chi connectivity index (χ2v) is 9.88. The first-order chi connectivity index (χ1) is 15.4. The highest BCUT2D eigenvalue weighted by molar-refractivity contribution is 8.03. The van der Waals surface area contributed by atoms with Gasteiger partial charge >= 0.3 is 5.97 Å². The normalized spacial score (nSPS) is 15.8. The molecule has 0 spiro atoms. The van der Waals surface area contributed by atoms with E-state index in [2.05, 4.69) is 17.6 Å². The van der Waals surface area contributed by atoms with Gasteiger partial charge < -0.3 is 9.67 Å². The lowest BCUT2D eigenvalue weighted by atomic mass is 9.98. The zero-order valence-electron chi connectivity index (χ0n) is 18.4. The third-order valence-corrected chi connectivity index (χ3v) is 7.50. The van der Waals surface area contributed by atoms with Crippen molar-refractivity contribution >= 4 is 51.6 Å². The number of aryl methyl sites for hydroxylation is 1. The Kier molecular flexibility index (Phi) is 8.63. The molecule has 2 aromatic heterocycles. The number of aromatic nitrogens is 1. The number of alkyl halides is 1. The van der Waals surface area contributed by atoms with E-state index >= 15 is 0 Å². The highest BCUT2D eigenvalue weighted by atomic mass is 35.5. The van der Waals surface area contributed by atoms with Crippen LogP contribution in [0.2, 0.25) is 0 Å². The summed E-state index contributed by atoms with van der Waals surface area (Å²) in [5.74, 6) is -0.455. The number of carboxylic acid groups (broad SMARTS) is 1. The third-order valence-electron chi connectivity index (χ3n) is 5.46. The van der Waals surface area contributed by atoms with Crippen molar-refractivity contribution in [2.75, 3.05) is 5.88 Å². The predicted molar refractivity (Wildman–Crippen MR) is 136 cm³/mol. The zero-order valence-corrected chi connectivity index (χ0v) is 20.8. The van der Waals surface area contributed by atoms with E-state index in [1.54, 1.807) is 35.2 Å². The van der Waals surface area contributed by atoms with E-state index in [4.69, 9.17) is 11.6 Å². The van der Waals surface area contributed by atoms with Crippen molar-refractivity contribution in [1.82, 2.24) is 4.57 Å². The molecular weight excluding hydrogens is 465 g/mol. The van der Waals surface area contributed by atoms with Crippen LogP contribution in [0.15, 0.2) is 57.0 Å². The molecule has 0 aliphatic carbocycles. The number of thiophene rings is 1. The number of halogens is 2. The summed E-state index contributed by atoms with van der Waals surface area (Å²) in [6, 6.07) is 5.20. The smallest absolute Gasteiger partial charge is 0.304 e. The molecule has 0 fully saturated rings. The standard InChI is InChI=1S/C21H20FNO2S2.C4H7Cl/c1-3-12(2)27-21-19-16(14-5-7-26-11-14)9-15(22)10-17(19)23-6-4-13(20(21)23)8-18(24)25;1-2-3-4-5/h3,5,7,9-11,13H,4,6,8H2,1-2H3,(H,24,25);2-3H,4H2,1H3/b12-3+;3-2-. The number of hydrogen-bond acceptors (Lipinski definition) is 3. The van der Waals surface area contributed by atoms with E-state index < -0.39 is 5.97 Å². The summed E-state index contributed by atoms with van der Waals surface area (Å²) < 4.78 is 16.6. The van der Waals surface area contributed by atoms with E-state index in [-0.39, 0.29) is 18.2 Å². The molecule has 3 nitrogen and oxygen atoms in total. The van der Waals surface area contributed by atoms with Crippen molar-refractivity contribution in [1.29, 1.82) is 0 Å². The minimum absolute atomic E-state index is 0.0413. The molecule has 1 aliphatic rings. The van der Waals surface area contributed by atoms with Crippen LogP contribution < -0.4 is 0 Å². The lowest BCUT2D eigenvalue weighted by Crippen LogP contribution is -2.04. The van der Waals surface area contributed by atoms with Gasteiger partial charge in [-0.2, -0.15) is 11.3 Å². The Bertz CT molecular complexity index is 1150. The molecule has 3 heterocycles. The van der Waals surface area contributed by atoms with Gasteiger partial charge in [0.2, 0.25) is 0 Å². The van der Waals surface area contributed by atoms with Crippen LogP contribution in [-0.4, -0.2) is 21.5 Å². The first kappa shape index (κ1) is 24.6. The van der Waals surface area contributed by atoms with Gasteiger partial charge in [-0.05, 0) is 72.2 Å². The van der Waals surface area contributed by atoms with Gasteiger partial charge in [0.15, 0.2) is 0 Å². The molecule has 1 unspecified atom stereocenters. The topological polar surface area (TPSA) is 42.2 Å². The van der Waals surface area contributed by atoms with Crippen molar-refractivity contribution in [3.05, 3.63) is 63.6 Å². The maximum Gasteiger partial charge on any atom is 0.304 e. The van der Waals surface area contributed by atoms with Crippen LogP contribution in [0, 0.1) is 5.82 Å². The lowest BCUT2D eigenvalue weighted by Gasteiger charge is -2.11. The maximum atomic E-state index is 14.5. The first-order valence-corrected chi connectivity index (χ1v) is 12.8. The molecule has 0 amide bonds. The Balaban J connectivity index is 0.000000523. The van der Waals surface area contributed by atoms with Gasteiger partial charge in [-0.25, -0.2) is 4.39 Å². The number of benzene rings is 1. The molecule has 3 aromatic rings. The number of hydrogen-bond donors (Lipinski definition) is 1. The Labute approximate surface area is 201 Å². The number of carboxylic acids is 1. The van der Waals surface area contributed by atoms with Gasteiger partial charge in [0.05, 0.1) is 11.9 Å². The molecule has 1 aromatic carbocycles. The van der Waals surface area contributed by atoms with Crippen LogP contribution in [0.5, 0.6) is 0 Å². The Morgan fingerprint density at radius 3 is 2.75 bits per heavy atom. The van der Waals surface area contributed by atoms with E-state index in [0.29, 0.717) is 5.88 Å². The Hall–Kier alpha value is -2.02. The number of thioether (sulfide) groups is 1. The van der Waals surface area contributed by atoms with E-state index in [1.165, 1.54) is 0 Å². The summed E-state index contributed by atoms with van der Waals surface area (Å²) in [6.45, 7) is 6.72.